The molecule has 2 aliphatic rings. The van der Waals surface area contributed by atoms with Crippen LogP contribution in [-0.4, -0.2) is 42.1 Å². The van der Waals surface area contributed by atoms with Gasteiger partial charge in [-0.05, 0) is 30.8 Å². The van der Waals surface area contributed by atoms with Gasteiger partial charge in [0.25, 0.3) is 0 Å². The molecule has 2 aromatic rings. The minimum atomic E-state index is -0.169. The molecule has 0 amide bonds. The van der Waals surface area contributed by atoms with Crippen LogP contribution in [-0.2, 0) is 13.1 Å². The summed E-state index contributed by atoms with van der Waals surface area (Å²) >= 11 is 0. The zero-order chi connectivity index (χ0) is 17.3. The van der Waals surface area contributed by atoms with Gasteiger partial charge in [0.1, 0.15) is 17.2 Å². The van der Waals surface area contributed by atoms with E-state index in [0.29, 0.717) is 0 Å². The van der Waals surface area contributed by atoms with Gasteiger partial charge in [-0.25, -0.2) is 4.39 Å². The molecule has 0 aromatic heterocycles. The fourth-order valence-electron chi connectivity index (χ4n) is 4.00. The number of para-hydroxylation sites is 1. The highest BCUT2D eigenvalue weighted by Crippen LogP contribution is 2.35. The maximum Gasteiger partial charge on any atom is 0.124 e. The van der Waals surface area contributed by atoms with Gasteiger partial charge in [0.2, 0.25) is 0 Å². The standard InChI is InChI=1S/C21H25FN2O/c1-23-11-9-21(10-12-23)16-24(14-17-5-4-7-19(22)13-17)15-18-6-2-3-8-20(18)25-21/h2-8,13H,9-12,14-16H2,1H3. The Morgan fingerprint density at radius 3 is 2.68 bits per heavy atom. The summed E-state index contributed by atoms with van der Waals surface area (Å²) in [6.07, 6.45) is 2.05. The summed E-state index contributed by atoms with van der Waals surface area (Å²) in [5.41, 5.74) is 2.09. The molecule has 0 unspecified atom stereocenters. The number of hydrogen-bond donors (Lipinski definition) is 0. The summed E-state index contributed by atoms with van der Waals surface area (Å²) in [7, 11) is 2.17. The number of hydrogen-bond acceptors (Lipinski definition) is 3. The van der Waals surface area contributed by atoms with Crippen molar-refractivity contribution in [3.8, 4) is 5.75 Å². The summed E-state index contributed by atoms with van der Waals surface area (Å²) in [5, 5.41) is 0. The number of ether oxygens (including phenoxy) is 1. The zero-order valence-electron chi connectivity index (χ0n) is 14.7. The molecule has 2 aliphatic heterocycles. The first-order valence-electron chi connectivity index (χ1n) is 9.04. The van der Waals surface area contributed by atoms with Crippen LogP contribution in [0.5, 0.6) is 5.75 Å². The molecular formula is C21H25FN2O. The van der Waals surface area contributed by atoms with E-state index in [1.165, 1.54) is 11.6 Å². The van der Waals surface area contributed by atoms with Crippen molar-refractivity contribution in [2.24, 2.45) is 0 Å². The Morgan fingerprint density at radius 1 is 1.08 bits per heavy atom. The average molecular weight is 340 g/mol. The monoisotopic (exact) mass is 340 g/mol. The molecule has 25 heavy (non-hydrogen) atoms. The number of nitrogens with zero attached hydrogens (tertiary/aromatic N) is 2. The molecule has 1 spiro atoms. The molecule has 132 valence electrons. The lowest BCUT2D eigenvalue weighted by Gasteiger charge is -2.42. The Morgan fingerprint density at radius 2 is 1.88 bits per heavy atom. The van der Waals surface area contributed by atoms with Crippen molar-refractivity contribution in [1.29, 1.82) is 0 Å². The van der Waals surface area contributed by atoms with Crippen molar-refractivity contribution in [3.05, 3.63) is 65.5 Å². The molecule has 2 heterocycles. The Balaban J connectivity index is 1.62. The topological polar surface area (TPSA) is 15.7 Å². The van der Waals surface area contributed by atoms with Gasteiger partial charge < -0.3 is 9.64 Å². The molecule has 4 heteroatoms. The van der Waals surface area contributed by atoms with E-state index in [2.05, 4.69) is 35.0 Å². The van der Waals surface area contributed by atoms with Gasteiger partial charge in [-0.15, -0.1) is 0 Å². The molecular weight excluding hydrogens is 315 g/mol. The first kappa shape index (κ1) is 16.6. The number of likely N-dealkylation sites (tertiary alicyclic amines) is 1. The lowest BCUT2D eigenvalue weighted by molar-refractivity contribution is -0.0146. The van der Waals surface area contributed by atoms with Crippen LogP contribution in [0.2, 0.25) is 0 Å². The van der Waals surface area contributed by atoms with Crippen LogP contribution in [0.3, 0.4) is 0 Å². The second kappa shape index (κ2) is 6.77. The van der Waals surface area contributed by atoms with Crippen LogP contribution in [0.15, 0.2) is 48.5 Å². The van der Waals surface area contributed by atoms with E-state index >= 15 is 0 Å². The van der Waals surface area contributed by atoms with Crippen LogP contribution in [0.1, 0.15) is 24.0 Å². The lowest BCUT2D eigenvalue weighted by atomic mass is 9.90. The Bertz CT molecular complexity index is 740. The number of piperidine rings is 1. The minimum absolute atomic E-state index is 0.146. The lowest BCUT2D eigenvalue weighted by Crippen LogP contribution is -2.52. The Kier molecular flexibility index (Phi) is 4.48. The molecule has 1 fully saturated rings. The predicted molar refractivity (Wildman–Crippen MR) is 97.0 cm³/mol. The van der Waals surface area contributed by atoms with Gasteiger partial charge in [-0.2, -0.15) is 0 Å². The quantitative estimate of drug-likeness (QED) is 0.829. The molecule has 0 saturated carbocycles. The fourth-order valence-corrected chi connectivity index (χ4v) is 4.00. The molecule has 0 bridgehead atoms. The third-order valence-corrected chi connectivity index (χ3v) is 5.40. The molecule has 0 atom stereocenters. The summed E-state index contributed by atoms with van der Waals surface area (Å²) in [6, 6.07) is 15.3. The molecule has 0 aliphatic carbocycles. The van der Waals surface area contributed by atoms with Crippen LogP contribution in [0.4, 0.5) is 4.39 Å². The number of benzene rings is 2. The molecule has 0 N–H and O–H groups in total. The number of rotatable bonds is 2. The summed E-state index contributed by atoms with van der Waals surface area (Å²) in [4.78, 5) is 4.77. The van der Waals surface area contributed by atoms with E-state index in [1.807, 2.05) is 12.1 Å². The van der Waals surface area contributed by atoms with Gasteiger partial charge >= 0.3 is 0 Å². The van der Waals surface area contributed by atoms with Crippen molar-refractivity contribution in [2.45, 2.75) is 31.5 Å². The Hall–Kier alpha value is -1.91. The van der Waals surface area contributed by atoms with Crippen LogP contribution in [0.25, 0.3) is 0 Å². The second-order valence-electron chi connectivity index (χ2n) is 7.47. The summed E-state index contributed by atoms with van der Waals surface area (Å²) in [5.74, 6) is 0.840. The smallest absolute Gasteiger partial charge is 0.124 e. The molecule has 1 saturated heterocycles. The molecule has 0 radical (unpaired) electrons. The first-order valence-corrected chi connectivity index (χ1v) is 9.04. The van der Waals surface area contributed by atoms with Crippen molar-refractivity contribution >= 4 is 0 Å². The van der Waals surface area contributed by atoms with E-state index in [4.69, 9.17) is 4.74 Å². The fraction of sp³-hybridized carbons (Fsp3) is 0.429. The summed E-state index contributed by atoms with van der Waals surface area (Å²) < 4.78 is 20.2. The SMILES string of the molecule is CN1CCC2(CC1)CN(Cc1cccc(F)c1)Cc1ccccc1O2. The van der Waals surface area contributed by atoms with Gasteiger partial charge in [-0.3, -0.25) is 4.90 Å². The number of fused-ring (bicyclic) bond motifs is 1. The zero-order valence-corrected chi connectivity index (χ0v) is 14.7. The van der Waals surface area contributed by atoms with Crippen molar-refractivity contribution in [3.63, 3.8) is 0 Å². The third kappa shape index (κ3) is 3.70. The number of halogens is 1. The predicted octanol–water partition coefficient (Wildman–Crippen LogP) is 3.68. The van der Waals surface area contributed by atoms with Gasteiger partial charge in [0, 0.05) is 51.1 Å². The Labute approximate surface area is 149 Å². The van der Waals surface area contributed by atoms with Crippen LogP contribution in [0, 0.1) is 5.82 Å². The van der Waals surface area contributed by atoms with Crippen molar-refractivity contribution in [2.75, 3.05) is 26.7 Å². The maximum atomic E-state index is 13.6. The average Bonchev–Trinajstić information content (AvgIpc) is 2.74. The van der Waals surface area contributed by atoms with E-state index in [0.717, 1.165) is 56.9 Å². The maximum absolute atomic E-state index is 13.6. The van der Waals surface area contributed by atoms with Crippen molar-refractivity contribution in [1.82, 2.24) is 9.80 Å². The summed E-state index contributed by atoms with van der Waals surface area (Å²) in [6.45, 7) is 4.56. The molecule has 3 nitrogen and oxygen atoms in total. The van der Waals surface area contributed by atoms with Crippen LogP contribution >= 0.6 is 0 Å². The first-order chi connectivity index (χ1) is 12.1. The molecule has 4 rings (SSSR count). The minimum Gasteiger partial charge on any atom is -0.486 e. The van der Waals surface area contributed by atoms with E-state index < -0.39 is 0 Å². The van der Waals surface area contributed by atoms with E-state index in [1.54, 1.807) is 12.1 Å². The third-order valence-electron chi connectivity index (χ3n) is 5.40. The van der Waals surface area contributed by atoms with Crippen molar-refractivity contribution < 1.29 is 9.13 Å². The normalized spacial score (nSPS) is 20.7. The van der Waals surface area contributed by atoms with Gasteiger partial charge in [0.05, 0.1) is 0 Å². The molecule has 2 aromatic carbocycles. The largest absolute Gasteiger partial charge is 0.486 e. The van der Waals surface area contributed by atoms with Gasteiger partial charge in [-0.1, -0.05) is 30.3 Å². The highest BCUT2D eigenvalue weighted by Gasteiger charge is 2.39. The highest BCUT2D eigenvalue weighted by atomic mass is 19.1. The van der Waals surface area contributed by atoms with Crippen LogP contribution < -0.4 is 4.74 Å². The van der Waals surface area contributed by atoms with E-state index in [-0.39, 0.29) is 11.4 Å². The van der Waals surface area contributed by atoms with Gasteiger partial charge in [0.15, 0.2) is 0 Å². The highest BCUT2D eigenvalue weighted by molar-refractivity contribution is 5.35. The second-order valence-corrected chi connectivity index (χ2v) is 7.47. The van der Waals surface area contributed by atoms with E-state index in [9.17, 15) is 4.39 Å².